The summed E-state index contributed by atoms with van der Waals surface area (Å²) >= 11 is 5.85. The highest BCUT2D eigenvalue weighted by Gasteiger charge is 2.56. The van der Waals surface area contributed by atoms with Crippen molar-refractivity contribution in [3.8, 4) is 0 Å². The number of halogens is 1. The molecule has 1 atom stereocenters. The molecule has 1 aromatic rings. The molecular weight excluding hydrogens is 390 g/mol. The van der Waals surface area contributed by atoms with Crippen LogP contribution < -0.4 is 0 Å². The van der Waals surface area contributed by atoms with Crippen molar-refractivity contribution in [1.29, 1.82) is 0 Å². The molecule has 3 rings (SSSR count). The number of esters is 1. The lowest BCUT2D eigenvalue weighted by Crippen LogP contribution is -2.62. The lowest BCUT2D eigenvalue weighted by Gasteiger charge is -2.45. The predicted molar refractivity (Wildman–Crippen MR) is 102 cm³/mol. The van der Waals surface area contributed by atoms with Gasteiger partial charge in [0.2, 0.25) is 0 Å². The number of ether oxygens (including phenoxy) is 1. The molecule has 8 heteroatoms. The fraction of sp³-hybridized carbons (Fsp3) is 0.368. The second kappa shape index (κ2) is 6.49. The first-order chi connectivity index (χ1) is 12.4. The Morgan fingerprint density at radius 2 is 1.85 bits per heavy atom. The van der Waals surface area contributed by atoms with E-state index >= 15 is 0 Å². The monoisotopic (exact) mass is 409 g/mol. The van der Waals surface area contributed by atoms with E-state index in [4.69, 9.17) is 16.3 Å². The van der Waals surface area contributed by atoms with E-state index in [2.05, 4.69) is 0 Å². The van der Waals surface area contributed by atoms with Gasteiger partial charge in [0, 0.05) is 5.02 Å². The standard InChI is InChI=1S/C19H20ClNO5S/c1-11-10-27(24,25)17-14(9-12-5-7-13(20)8-6-12)16(22)21(17)15(11)18(23)26-19(2,3)4/h5-9,17H,10H2,1-4H3/b14-9+. The SMILES string of the molecule is CC1=C(C(=O)OC(C)(C)C)N2C(=O)/C(=C\c3ccc(Cl)cc3)C2S(=O)(=O)C1. The van der Waals surface area contributed by atoms with Crippen molar-refractivity contribution >= 4 is 39.4 Å². The highest BCUT2D eigenvalue weighted by atomic mass is 35.5. The van der Waals surface area contributed by atoms with E-state index in [9.17, 15) is 18.0 Å². The molecule has 0 aromatic heterocycles. The molecule has 0 saturated carbocycles. The molecule has 2 aliphatic heterocycles. The van der Waals surface area contributed by atoms with E-state index in [1.807, 2.05) is 0 Å². The highest BCUT2D eigenvalue weighted by Crippen LogP contribution is 2.41. The van der Waals surface area contributed by atoms with Gasteiger partial charge < -0.3 is 4.74 Å². The van der Waals surface area contributed by atoms with Crippen LogP contribution in [0.3, 0.4) is 0 Å². The fourth-order valence-corrected chi connectivity index (χ4v) is 5.22. The molecule has 1 amide bonds. The third kappa shape index (κ3) is 3.66. The zero-order valence-electron chi connectivity index (χ0n) is 15.4. The fourth-order valence-electron chi connectivity index (χ4n) is 3.12. The second-order valence-electron chi connectivity index (χ2n) is 7.62. The van der Waals surface area contributed by atoms with Gasteiger partial charge in [0.1, 0.15) is 11.3 Å². The Bertz CT molecular complexity index is 984. The lowest BCUT2D eigenvalue weighted by molar-refractivity contribution is -0.155. The molecule has 0 N–H and O–H groups in total. The number of nitrogens with zero attached hydrogens (tertiary/aromatic N) is 1. The van der Waals surface area contributed by atoms with E-state index < -0.39 is 32.7 Å². The van der Waals surface area contributed by atoms with Gasteiger partial charge in [-0.05, 0) is 57.0 Å². The van der Waals surface area contributed by atoms with Gasteiger partial charge in [-0.25, -0.2) is 13.2 Å². The van der Waals surface area contributed by atoms with Crippen LogP contribution in [0.25, 0.3) is 6.08 Å². The number of carbonyl (C=O) groups excluding carboxylic acids is 2. The van der Waals surface area contributed by atoms with Gasteiger partial charge in [-0.2, -0.15) is 0 Å². The first kappa shape index (κ1) is 19.6. The van der Waals surface area contributed by atoms with Crippen LogP contribution in [0.1, 0.15) is 33.3 Å². The quantitative estimate of drug-likeness (QED) is 0.426. The summed E-state index contributed by atoms with van der Waals surface area (Å²) in [6, 6.07) is 6.69. The van der Waals surface area contributed by atoms with Gasteiger partial charge in [-0.3, -0.25) is 9.69 Å². The van der Waals surface area contributed by atoms with E-state index in [1.165, 1.54) is 13.0 Å². The first-order valence-electron chi connectivity index (χ1n) is 8.36. The number of hydrogen-bond acceptors (Lipinski definition) is 5. The highest BCUT2D eigenvalue weighted by molar-refractivity contribution is 7.92. The third-order valence-corrected chi connectivity index (χ3v) is 6.39. The zero-order valence-corrected chi connectivity index (χ0v) is 17.0. The minimum atomic E-state index is -3.65. The van der Waals surface area contributed by atoms with Crippen LogP contribution >= 0.6 is 11.6 Å². The molecule has 1 saturated heterocycles. The van der Waals surface area contributed by atoms with Crippen LogP contribution in [0.5, 0.6) is 0 Å². The van der Waals surface area contributed by atoms with Crippen LogP contribution in [-0.2, 0) is 24.2 Å². The maximum absolute atomic E-state index is 12.7. The number of carbonyl (C=O) groups is 2. The van der Waals surface area contributed by atoms with Crippen molar-refractivity contribution in [2.24, 2.45) is 0 Å². The van der Waals surface area contributed by atoms with E-state index in [0.29, 0.717) is 16.2 Å². The van der Waals surface area contributed by atoms with Gasteiger partial charge in [0.25, 0.3) is 5.91 Å². The summed E-state index contributed by atoms with van der Waals surface area (Å²) < 4.78 is 30.7. The third-order valence-electron chi connectivity index (χ3n) is 4.15. The van der Waals surface area contributed by atoms with Crippen molar-refractivity contribution < 1.29 is 22.7 Å². The van der Waals surface area contributed by atoms with Crippen LogP contribution in [0.2, 0.25) is 5.02 Å². The van der Waals surface area contributed by atoms with Crippen LogP contribution in [0.4, 0.5) is 0 Å². The Morgan fingerprint density at radius 3 is 2.41 bits per heavy atom. The van der Waals surface area contributed by atoms with E-state index in [0.717, 1.165) is 4.90 Å². The molecule has 0 spiro atoms. The first-order valence-corrected chi connectivity index (χ1v) is 10.5. The van der Waals surface area contributed by atoms with Gasteiger partial charge in [0.05, 0.1) is 11.3 Å². The number of rotatable bonds is 2. The van der Waals surface area contributed by atoms with Crippen molar-refractivity contribution in [1.82, 2.24) is 4.90 Å². The van der Waals surface area contributed by atoms with Gasteiger partial charge in [-0.1, -0.05) is 23.7 Å². The minimum Gasteiger partial charge on any atom is -0.455 e. The van der Waals surface area contributed by atoms with Crippen LogP contribution in [-0.4, -0.2) is 41.9 Å². The molecule has 1 unspecified atom stereocenters. The Kier molecular flexibility index (Phi) is 4.72. The molecule has 6 nitrogen and oxygen atoms in total. The number of hydrogen-bond donors (Lipinski definition) is 0. The largest absolute Gasteiger partial charge is 0.455 e. The molecule has 0 radical (unpaired) electrons. The molecular formula is C19H20ClNO5S. The summed E-state index contributed by atoms with van der Waals surface area (Å²) in [5, 5.41) is -0.637. The normalized spacial score (nSPS) is 23.1. The van der Waals surface area contributed by atoms with Gasteiger partial charge in [0.15, 0.2) is 15.2 Å². The topological polar surface area (TPSA) is 80.8 Å². The average Bonchev–Trinajstić information content (AvgIpc) is 2.51. The number of fused-ring (bicyclic) bond motifs is 1. The van der Waals surface area contributed by atoms with Gasteiger partial charge >= 0.3 is 5.97 Å². The lowest BCUT2D eigenvalue weighted by atomic mass is 9.99. The molecule has 144 valence electrons. The average molecular weight is 410 g/mol. The minimum absolute atomic E-state index is 0.0167. The Hall–Kier alpha value is -2.12. The molecule has 0 aliphatic carbocycles. The molecule has 1 fully saturated rings. The Morgan fingerprint density at radius 1 is 1.26 bits per heavy atom. The van der Waals surface area contributed by atoms with Gasteiger partial charge in [-0.15, -0.1) is 0 Å². The van der Waals surface area contributed by atoms with E-state index in [-0.39, 0.29) is 17.0 Å². The molecule has 1 aromatic carbocycles. The maximum Gasteiger partial charge on any atom is 0.355 e. The number of benzene rings is 1. The van der Waals surface area contributed by atoms with Crippen molar-refractivity contribution in [3.63, 3.8) is 0 Å². The summed E-state index contributed by atoms with van der Waals surface area (Å²) in [7, 11) is -3.65. The van der Waals surface area contributed by atoms with Crippen molar-refractivity contribution in [2.75, 3.05) is 5.75 Å². The van der Waals surface area contributed by atoms with E-state index in [1.54, 1.807) is 45.0 Å². The Labute approximate surface area is 163 Å². The van der Waals surface area contributed by atoms with Crippen LogP contribution in [0.15, 0.2) is 41.1 Å². The summed E-state index contributed by atoms with van der Waals surface area (Å²) in [6.07, 6.45) is 1.52. The summed E-state index contributed by atoms with van der Waals surface area (Å²) in [6.45, 7) is 6.66. The second-order valence-corrected chi connectivity index (χ2v) is 10.1. The summed E-state index contributed by atoms with van der Waals surface area (Å²) in [5.74, 6) is -1.51. The van der Waals surface area contributed by atoms with Crippen molar-refractivity contribution in [3.05, 3.63) is 51.7 Å². The zero-order chi connectivity index (χ0) is 20.1. The molecule has 27 heavy (non-hydrogen) atoms. The molecule has 0 bridgehead atoms. The summed E-state index contributed by atoms with van der Waals surface area (Å²) in [4.78, 5) is 26.3. The molecule has 2 heterocycles. The summed E-state index contributed by atoms with van der Waals surface area (Å²) in [5.41, 5.74) is 0.350. The predicted octanol–water partition coefficient (Wildman–Crippen LogP) is 2.94. The van der Waals surface area contributed by atoms with Crippen molar-refractivity contribution in [2.45, 2.75) is 38.7 Å². The maximum atomic E-state index is 12.7. The molecule has 2 aliphatic rings. The smallest absolute Gasteiger partial charge is 0.355 e. The Balaban J connectivity index is 2.01. The van der Waals surface area contributed by atoms with Crippen LogP contribution in [0, 0.1) is 0 Å². The number of sulfone groups is 1. The number of amides is 1. The number of β-lactam (4-membered cyclic amide) rings is 1.